The van der Waals surface area contributed by atoms with E-state index >= 15 is 0 Å². The Kier molecular flexibility index (Phi) is 4.74. The van der Waals surface area contributed by atoms with E-state index in [-0.39, 0.29) is 12.6 Å². The molecule has 0 radical (unpaired) electrons. The molecule has 0 aliphatic carbocycles. The van der Waals surface area contributed by atoms with Gasteiger partial charge in [-0.1, -0.05) is 6.07 Å². The van der Waals surface area contributed by atoms with Crippen LogP contribution in [0.25, 0.3) is 0 Å². The van der Waals surface area contributed by atoms with Crippen LogP contribution < -0.4 is 10.6 Å². The molecule has 1 atom stereocenters. The number of aryl methyl sites for hydroxylation is 1. The number of aliphatic hydroxyl groups is 1. The molecule has 5 nitrogen and oxygen atoms in total. The van der Waals surface area contributed by atoms with Gasteiger partial charge in [-0.15, -0.1) is 22.7 Å². The number of thiophene rings is 1. The van der Waals surface area contributed by atoms with E-state index in [0.29, 0.717) is 6.54 Å². The molecule has 0 aliphatic heterocycles. The van der Waals surface area contributed by atoms with Crippen LogP contribution in [0.1, 0.15) is 21.7 Å². The van der Waals surface area contributed by atoms with Crippen molar-refractivity contribution in [1.29, 1.82) is 0 Å². The van der Waals surface area contributed by atoms with Crippen molar-refractivity contribution in [3.05, 3.63) is 38.5 Å². The van der Waals surface area contributed by atoms with Crippen LogP contribution in [0.15, 0.2) is 23.7 Å². The Hall–Kier alpha value is -1.44. The lowest BCUT2D eigenvalue weighted by molar-refractivity contribution is 0.0631. The molecule has 0 aromatic carbocycles. The van der Waals surface area contributed by atoms with E-state index < -0.39 is 5.60 Å². The zero-order valence-electron chi connectivity index (χ0n) is 11.3. The number of nitrogens with zero attached hydrogens (tertiary/aromatic N) is 1. The second kappa shape index (κ2) is 6.34. The molecule has 20 heavy (non-hydrogen) atoms. The predicted molar refractivity (Wildman–Crippen MR) is 81.0 cm³/mol. The van der Waals surface area contributed by atoms with Gasteiger partial charge in [0.05, 0.1) is 13.1 Å². The summed E-state index contributed by atoms with van der Waals surface area (Å²) in [5.41, 5.74) is -1.05. The standard InChI is InChI=1S/C13H17N3O2S2/c1-9-6-14-11(20-9)7-15-12(17)16-8-13(2,18)10-4-3-5-19-10/h3-6,18H,7-8H2,1-2H3,(H2,15,16,17). The van der Waals surface area contributed by atoms with Gasteiger partial charge in [-0.25, -0.2) is 9.78 Å². The molecule has 0 bridgehead atoms. The molecule has 1 unspecified atom stereocenters. The SMILES string of the molecule is Cc1cnc(CNC(=O)NCC(C)(O)c2cccs2)s1. The van der Waals surface area contributed by atoms with Crippen LogP contribution in [-0.2, 0) is 12.1 Å². The quantitative estimate of drug-likeness (QED) is 0.792. The maximum Gasteiger partial charge on any atom is 0.315 e. The lowest BCUT2D eigenvalue weighted by atomic mass is 10.1. The molecule has 2 aromatic heterocycles. The van der Waals surface area contributed by atoms with E-state index in [2.05, 4.69) is 15.6 Å². The highest BCUT2D eigenvalue weighted by Crippen LogP contribution is 2.24. The Labute approximate surface area is 125 Å². The fraction of sp³-hybridized carbons (Fsp3) is 0.385. The van der Waals surface area contributed by atoms with Gasteiger partial charge in [-0.3, -0.25) is 0 Å². The van der Waals surface area contributed by atoms with Crippen molar-refractivity contribution in [2.45, 2.75) is 26.0 Å². The third-order valence-electron chi connectivity index (χ3n) is 2.71. The maximum absolute atomic E-state index is 11.7. The van der Waals surface area contributed by atoms with Crippen molar-refractivity contribution in [1.82, 2.24) is 15.6 Å². The summed E-state index contributed by atoms with van der Waals surface area (Å²) in [6.07, 6.45) is 1.78. The smallest absolute Gasteiger partial charge is 0.315 e. The molecule has 7 heteroatoms. The van der Waals surface area contributed by atoms with Crippen LogP contribution in [0.2, 0.25) is 0 Å². The van der Waals surface area contributed by atoms with Crippen LogP contribution >= 0.6 is 22.7 Å². The van der Waals surface area contributed by atoms with E-state index in [1.807, 2.05) is 24.4 Å². The molecule has 3 N–H and O–H groups in total. The van der Waals surface area contributed by atoms with Crippen LogP contribution in [0.3, 0.4) is 0 Å². The third-order valence-corrected chi connectivity index (χ3v) is 4.75. The minimum atomic E-state index is -1.05. The Balaban J connectivity index is 1.77. The number of thiazole rings is 1. The topological polar surface area (TPSA) is 74.2 Å². The van der Waals surface area contributed by atoms with Gasteiger partial charge in [0.1, 0.15) is 10.6 Å². The first-order valence-corrected chi connectivity index (χ1v) is 7.86. The van der Waals surface area contributed by atoms with Gasteiger partial charge < -0.3 is 15.7 Å². The van der Waals surface area contributed by atoms with Gasteiger partial charge in [0, 0.05) is 16.0 Å². The summed E-state index contributed by atoms with van der Waals surface area (Å²) < 4.78 is 0. The fourth-order valence-corrected chi connectivity index (χ4v) is 3.14. The molecule has 0 saturated heterocycles. The zero-order valence-corrected chi connectivity index (χ0v) is 13.0. The highest BCUT2D eigenvalue weighted by Gasteiger charge is 2.24. The van der Waals surface area contributed by atoms with Crippen molar-refractivity contribution in [2.24, 2.45) is 0 Å². The van der Waals surface area contributed by atoms with Gasteiger partial charge in [-0.2, -0.15) is 0 Å². The Morgan fingerprint density at radius 1 is 1.50 bits per heavy atom. The number of nitrogens with one attached hydrogen (secondary N) is 2. The van der Waals surface area contributed by atoms with Crippen molar-refractivity contribution >= 4 is 28.7 Å². The molecular formula is C13H17N3O2S2. The number of urea groups is 1. The van der Waals surface area contributed by atoms with Gasteiger partial charge in [0.25, 0.3) is 0 Å². The predicted octanol–water partition coefficient (Wildman–Crippen LogP) is 2.22. The molecule has 0 spiro atoms. The van der Waals surface area contributed by atoms with E-state index in [1.54, 1.807) is 24.5 Å². The number of amides is 2. The molecule has 2 aromatic rings. The first-order valence-electron chi connectivity index (χ1n) is 6.17. The molecule has 2 rings (SSSR count). The summed E-state index contributed by atoms with van der Waals surface area (Å²) in [4.78, 5) is 17.8. The highest BCUT2D eigenvalue weighted by atomic mass is 32.1. The molecule has 2 amide bonds. The zero-order chi connectivity index (χ0) is 14.6. The molecule has 0 saturated carbocycles. The lowest BCUT2D eigenvalue weighted by Gasteiger charge is -2.22. The second-order valence-corrected chi connectivity index (χ2v) is 6.92. The summed E-state index contributed by atoms with van der Waals surface area (Å²) in [6.45, 7) is 4.21. The minimum Gasteiger partial charge on any atom is -0.383 e. The lowest BCUT2D eigenvalue weighted by Crippen LogP contribution is -2.42. The normalized spacial score (nSPS) is 13.8. The highest BCUT2D eigenvalue weighted by molar-refractivity contribution is 7.11. The van der Waals surface area contributed by atoms with Crippen molar-refractivity contribution in [3.63, 3.8) is 0 Å². The number of hydrogen-bond acceptors (Lipinski definition) is 5. The van der Waals surface area contributed by atoms with Crippen molar-refractivity contribution < 1.29 is 9.90 Å². The Morgan fingerprint density at radius 2 is 2.30 bits per heavy atom. The summed E-state index contributed by atoms with van der Waals surface area (Å²) >= 11 is 3.01. The number of carbonyl (C=O) groups is 1. The second-order valence-electron chi connectivity index (χ2n) is 4.65. The number of carbonyl (C=O) groups excluding carboxylic acids is 1. The van der Waals surface area contributed by atoms with Gasteiger partial charge in [0.15, 0.2) is 0 Å². The molecule has 2 heterocycles. The summed E-state index contributed by atoms with van der Waals surface area (Å²) in [5, 5.41) is 18.4. The van der Waals surface area contributed by atoms with Crippen LogP contribution in [-0.4, -0.2) is 22.7 Å². The van der Waals surface area contributed by atoms with E-state index in [1.165, 1.54) is 11.3 Å². The average Bonchev–Trinajstić information content (AvgIpc) is 3.05. The number of hydrogen-bond donors (Lipinski definition) is 3. The largest absolute Gasteiger partial charge is 0.383 e. The maximum atomic E-state index is 11.7. The number of rotatable bonds is 5. The molecule has 108 valence electrons. The first-order chi connectivity index (χ1) is 9.47. The average molecular weight is 311 g/mol. The molecular weight excluding hydrogens is 294 g/mol. The van der Waals surface area contributed by atoms with Gasteiger partial charge in [-0.05, 0) is 25.3 Å². The monoisotopic (exact) mass is 311 g/mol. The minimum absolute atomic E-state index is 0.163. The summed E-state index contributed by atoms with van der Waals surface area (Å²) in [7, 11) is 0. The first kappa shape index (κ1) is 15.0. The van der Waals surface area contributed by atoms with E-state index in [9.17, 15) is 9.90 Å². The van der Waals surface area contributed by atoms with Crippen LogP contribution in [0.5, 0.6) is 0 Å². The third kappa shape index (κ3) is 4.03. The van der Waals surface area contributed by atoms with Gasteiger partial charge >= 0.3 is 6.03 Å². The van der Waals surface area contributed by atoms with Crippen LogP contribution in [0.4, 0.5) is 4.79 Å². The summed E-state index contributed by atoms with van der Waals surface area (Å²) in [6, 6.07) is 3.41. The van der Waals surface area contributed by atoms with Gasteiger partial charge in [0.2, 0.25) is 0 Å². The summed E-state index contributed by atoms with van der Waals surface area (Å²) in [5.74, 6) is 0. The molecule has 0 fully saturated rings. The number of aromatic nitrogens is 1. The Bertz CT molecular complexity index is 564. The molecule has 0 aliphatic rings. The van der Waals surface area contributed by atoms with Crippen molar-refractivity contribution in [3.8, 4) is 0 Å². The Morgan fingerprint density at radius 3 is 2.90 bits per heavy atom. The van der Waals surface area contributed by atoms with Crippen molar-refractivity contribution in [2.75, 3.05) is 6.54 Å². The van der Waals surface area contributed by atoms with Crippen LogP contribution in [0, 0.1) is 6.92 Å². The van der Waals surface area contributed by atoms with E-state index in [0.717, 1.165) is 14.8 Å². The fourth-order valence-electron chi connectivity index (χ4n) is 1.63. The van der Waals surface area contributed by atoms with E-state index in [4.69, 9.17) is 0 Å².